The van der Waals surface area contributed by atoms with Crippen LogP contribution in [0.5, 0.6) is 0 Å². The lowest BCUT2D eigenvalue weighted by molar-refractivity contribution is 0.0593. The summed E-state index contributed by atoms with van der Waals surface area (Å²) in [6, 6.07) is 5.59. The fourth-order valence-electron chi connectivity index (χ4n) is 1.80. The molecule has 0 radical (unpaired) electrons. The van der Waals surface area contributed by atoms with Gasteiger partial charge in [-0.05, 0) is 18.2 Å². The lowest BCUT2D eigenvalue weighted by Crippen LogP contribution is -2.11. The number of hydrogen-bond donors (Lipinski definition) is 1. The normalized spacial score (nSPS) is 10.1. The van der Waals surface area contributed by atoms with E-state index in [-0.39, 0.29) is 27.7 Å². The fraction of sp³-hybridized carbons (Fsp3) is 0.0769. The molecule has 1 aromatic heterocycles. The van der Waals surface area contributed by atoms with Crippen molar-refractivity contribution in [3.63, 3.8) is 0 Å². The molecule has 2 rings (SSSR count). The van der Waals surface area contributed by atoms with Crippen LogP contribution < -0.4 is 5.73 Å². The zero-order valence-corrected chi connectivity index (χ0v) is 11.1. The first-order valence-electron chi connectivity index (χ1n) is 5.43. The molecule has 7 heteroatoms. The number of carbonyl (C=O) groups excluding carboxylic acids is 1. The highest BCUT2D eigenvalue weighted by molar-refractivity contribution is 6.30. The molecular formula is C13H9ClFN3O2. The van der Waals surface area contributed by atoms with Crippen molar-refractivity contribution in [2.24, 2.45) is 0 Å². The average molecular weight is 294 g/mol. The number of nitrogens with two attached hydrogens (primary N) is 1. The molecule has 0 aliphatic rings. The largest absolute Gasteiger partial charge is 0.464 e. The first kappa shape index (κ1) is 13.9. The topological polar surface area (TPSA) is 81.0 Å². The molecule has 0 aliphatic heterocycles. The van der Waals surface area contributed by atoms with Crippen LogP contribution in [0.2, 0.25) is 5.02 Å². The van der Waals surface area contributed by atoms with E-state index in [2.05, 4.69) is 4.74 Å². The number of rotatable bonds is 2. The lowest BCUT2D eigenvalue weighted by atomic mass is 10.2. The van der Waals surface area contributed by atoms with Gasteiger partial charge in [0.1, 0.15) is 11.9 Å². The standard InChI is InChI=1S/C13H9ClFN3O2/c1-20-13(19)12-11(17)7(5-16)6-18(12)10-3-8(14)2-9(15)4-10/h2-4,6H,17H2,1H3. The van der Waals surface area contributed by atoms with E-state index in [0.29, 0.717) is 0 Å². The van der Waals surface area contributed by atoms with Gasteiger partial charge in [0.2, 0.25) is 0 Å². The van der Waals surface area contributed by atoms with Gasteiger partial charge in [-0.2, -0.15) is 5.26 Å². The number of methoxy groups -OCH3 is 1. The lowest BCUT2D eigenvalue weighted by Gasteiger charge is -2.09. The van der Waals surface area contributed by atoms with Crippen molar-refractivity contribution < 1.29 is 13.9 Å². The summed E-state index contributed by atoms with van der Waals surface area (Å²) in [6.07, 6.45) is 1.33. The molecule has 2 N–H and O–H groups in total. The Morgan fingerprint density at radius 3 is 2.75 bits per heavy atom. The van der Waals surface area contributed by atoms with E-state index < -0.39 is 11.8 Å². The summed E-state index contributed by atoms with van der Waals surface area (Å²) in [5.74, 6) is -1.31. The smallest absolute Gasteiger partial charge is 0.357 e. The maximum Gasteiger partial charge on any atom is 0.357 e. The number of anilines is 1. The molecular weight excluding hydrogens is 285 g/mol. The Morgan fingerprint density at radius 2 is 2.20 bits per heavy atom. The van der Waals surface area contributed by atoms with Crippen molar-refractivity contribution >= 4 is 23.3 Å². The van der Waals surface area contributed by atoms with Gasteiger partial charge in [-0.1, -0.05) is 11.6 Å². The van der Waals surface area contributed by atoms with Crippen LogP contribution in [0.4, 0.5) is 10.1 Å². The fourth-order valence-corrected chi connectivity index (χ4v) is 2.01. The van der Waals surface area contributed by atoms with E-state index in [1.54, 1.807) is 0 Å². The zero-order valence-electron chi connectivity index (χ0n) is 10.4. The van der Waals surface area contributed by atoms with Gasteiger partial charge in [0.25, 0.3) is 0 Å². The monoisotopic (exact) mass is 293 g/mol. The minimum absolute atomic E-state index is 0.0280. The third-order valence-electron chi connectivity index (χ3n) is 2.67. The first-order valence-corrected chi connectivity index (χ1v) is 5.81. The van der Waals surface area contributed by atoms with Crippen LogP contribution in [0, 0.1) is 17.1 Å². The third kappa shape index (κ3) is 2.31. The van der Waals surface area contributed by atoms with Crippen molar-refractivity contribution in [2.45, 2.75) is 0 Å². The zero-order chi connectivity index (χ0) is 14.9. The summed E-state index contributed by atoms with van der Waals surface area (Å²) in [4.78, 5) is 11.8. The van der Waals surface area contributed by atoms with Gasteiger partial charge in [0.15, 0.2) is 5.69 Å². The van der Waals surface area contributed by atoms with Gasteiger partial charge in [0, 0.05) is 11.2 Å². The third-order valence-corrected chi connectivity index (χ3v) is 2.89. The summed E-state index contributed by atoms with van der Waals surface area (Å²) >= 11 is 5.78. The van der Waals surface area contributed by atoms with E-state index in [4.69, 9.17) is 22.6 Å². The van der Waals surface area contributed by atoms with Gasteiger partial charge >= 0.3 is 5.97 Å². The number of nitriles is 1. The molecule has 5 nitrogen and oxygen atoms in total. The van der Waals surface area contributed by atoms with Crippen LogP contribution in [0.1, 0.15) is 16.1 Å². The minimum atomic E-state index is -0.732. The first-order chi connectivity index (χ1) is 9.47. The number of nitrogens with zero attached hydrogens (tertiary/aromatic N) is 2. The second kappa shape index (κ2) is 5.23. The van der Waals surface area contributed by atoms with Crippen molar-refractivity contribution in [1.29, 1.82) is 5.26 Å². The van der Waals surface area contributed by atoms with Crippen LogP contribution in [0.25, 0.3) is 5.69 Å². The highest BCUT2D eigenvalue weighted by Gasteiger charge is 2.22. The molecule has 1 heterocycles. The van der Waals surface area contributed by atoms with E-state index >= 15 is 0 Å². The van der Waals surface area contributed by atoms with E-state index in [1.807, 2.05) is 6.07 Å². The number of halogens is 2. The summed E-state index contributed by atoms with van der Waals surface area (Å²) in [5, 5.41) is 9.13. The molecule has 0 bridgehead atoms. The quantitative estimate of drug-likeness (QED) is 0.863. The molecule has 1 aromatic carbocycles. The summed E-state index contributed by atoms with van der Waals surface area (Å²) < 4.78 is 19.3. The molecule has 0 saturated heterocycles. The molecule has 0 spiro atoms. The van der Waals surface area contributed by atoms with E-state index in [1.165, 1.54) is 30.0 Å². The van der Waals surface area contributed by atoms with Crippen molar-refractivity contribution in [1.82, 2.24) is 4.57 Å². The number of ether oxygens (including phenoxy) is 1. The number of nitrogen functional groups attached to an aromatic ring is 1. The summed E-state index contributed by atoms with van der Waals surface area (Å²) in [6.45, 7) is 0. The van der Waals surface area contributed by atoms with Gasteiger partial charge < -0.3 is 15.0 Å². The van der Waals surface area contributed by atoms with Gasteiger partial charge in [0.05, 0.1) is 24.0 Å². The molecule has 102 valence electrons. The Labute approximate surface area is 118 Å². The highest BCUT2D eigenvalue weighted by Crippen LogP contribution is 2.26. The second-order valence-electron chi connectivity index (χ2n) is 3.91. The number of benzene rings is 1. The summed E-state index contributed by atoms with van der Waals surface area (Å²) in [7, 11) is 1.18. The van der Waals surface area contributed by atoms with Crippen LogP contribution in [0.3, 0.4) is 0 Å². The molecule has 0 atom stereocenters. The van der Waals surface area contributed by atoms with E-state index in [0.717, 1.165) is 6.07 Å². The molecule has 0 fully saturated rings. The van der Waals surface area contributed by atoms with Gasteiger partial charge in [-0.3, -0.25) is 0 Å². The van der Waals surface area contributed by atoms with Crippen molar-refractivity contribution in [2.75, 3.05) is 12.8 Å². The maximum atomic E-state index is 13.4. The SMILES string of the molecule is COC(=O)c1c(N)c(C#N)cn1-c1cc(F)cc(Cl)c1. The van der Waals surface area contributed by atoms with Crippen LogP contribution in [0.15, 0.2) is 24.4 Å². The number of aromatic nitrogens is 1. The molecule has 0 amide bonds. The Balaban J connectivity index is 2.73. The van der Waals surface area contributed by atoms with E-state index in [9.17, 15) is 9.18 Å². The molecule has 0 unspecified atom stereocenters. The average Bonchev–Trinajstić information content (AvgIpc) is 2.73. The van der Waals surface area contributed by atoms with Crippen LogP contribution >= 0.6 is 11.6 Å². The van der Waals surface area contributed by atoms with Crippen LogP contribution in [-0.2, 0) is 4.74 Å². The Hall–Kier alpha value is -2.52. The number of esters is 1. The van der Waals surface area contributed by atoms with Gasteiger partial charge in [-0.25, -0.2) is 9.18 Å². The summed E-state index contributed by atoms with van der Waals surface area (Å²) in [5.41, 5.74) is 6.01. The highest BCUT2D eigenvalue weighted by atomic mass is 35.5. The Morgan fingerprint density at radius 1 is 1.50 bits per heavy atom. The van der Waals surface area contributed by atoms with Crippen LogP contribution in [-0.4, -0.2) is 17.6 Å². The van der Waals surface area contributed by atoms with Crippen molar-refractivity contribution in [3.05, 3.63) is 46.5 Å². The Bertz CT molecular complexity index is 714. The molecule has 0 saturated carbocycles. The molecule has 0 aliphatic carbocycles. The van der Waals surface area contributed by atoms with Crippen molar-refractivity contribution in [3.8, 4) is 11.8 Å². The Kier molecular flexibility index (Phi) is 3.63. The number of hydrogen-bond acceptors (Lipinski definition) is 4. The molecule has 20 heavy (non-hydrogen) atoms. The minimum Gasteiger partial charge on any atom is -0.464 e. The predicted octanol–water partition coefficient (Wildman–Crippen LogP) is 2.51. The second-order valence-corrected chi connectivity index (χ2v) is 4.34. The predicted molar refractivity (Wildman–Crippen MR) is 71.2 cm³/mol. The van der Waals surface area contributed by atoms with Gasteiger partial charge in [-0.15, -0.1) is 0 Å². The number of carbonyl (C=O) groups is 1. The maximum absolute atomic E-state index is 13.4. The molecule has 2 aromatic rings.